The number of benzene rings is 2. The zero-order valence-electron chi connectivity index (χ0n) is 11.6. The van der Waals surface area contributed by atoms with E-state index in [4.69, 9.17) is 17.3 Å². The van der Waals surface area contributed by atoms with Gasteiger partial charge in [-0.25, -0.2) is 0 Å². The van der Waals surface area contributed by atoms with Crippen LogP contribution in [0.1, 0.15) is 24.0 Å². The molecule has 4 heteroatoms. The average Bonchev–Trinajstić information content (AvgIpc) is 3.27. The van der Waals surface area contributed by atoms with E-state index in [2.05, 4.69) is 5.32 Å². The van der Waals surface area contributed by atoms with Crippen LogP contribution >= 0.6 is 11.6 Å². The van der Waals surface area contributed by atoms with Crippen LogP contribution in [0.5, 0.6) is 0 Å². The minimum absolute atomic E-state index is 0.0762. The Balaban J connectivity index is 1.69. The average molecular weight is 301 g/mol. The predicted molar refractivity (Wildman–Crippen MR) is 85.1 cm³/mol. The Labute approximate surface area is 129 Å². The molecule has 3 N–H and O–H groups in total. The van der Waals surface area contributed by atoms with Crippen molar-refractivity contribution in [3.8, 4) is 0 Å². The molecule has 1 aliphatic carbocycles. The van der Waals surface area contributed by atoms with Crippen molar-refractivity contribution in [2.24, 2.45) is 0 Å². The lowest BCUT2D eigenvalue weighted by Gasteiger charge is -2.16. The molecule has 0 spiro atoms. The summed E-state index contributed by atoms with van der Waals surface area (Å²) >= 11 is 5.95. The largest absolute Gasteiger partial charge is 0.399 e. The first-order valence-electron chi connectivity index (χ1n) is 6.99. The predicted octanol–water partition coefficient (Wildman–Crippen LogP) is 3.27. The SMILES string of the molecule is Nc1ccc(C2(C(=O)NCc3cccc(Cl)c3)CC2)cc1. The molecule has 0 heterocycles. The van der Waals surface area contributed by atoms with Crippen molar-refractivity contribution in [1.29, 1.82) is 0 Å². The number of carbonyl (C=O) groups excluding carboxylic acids is 1. The maximum Gasteiger partial charge on any atom is 0.230 e. The molecule has 3 rings (SSSR count). The number of amides is 1. The molecule has 1 fully saturated rings. The normalized spacial score (nSPS) is 15.5. The fourth-order valence-electron chi connectivity index (χ4n) is 2.57. The first-order valence-corrected chi connectivity index (χ1v) is 7.37. The highest BCUT2D eigenvalue weighted by molar-refractivity contribution is 6.30. The van der Waals surface area contributed by atoms with Gasteiger partial charge >= 0.3 is 0 Å². The summed E-state index contributed by atoms with van der Waals surface area (Å²) in [7, 11) is 0. The van der Waals surface area contributed by atoms with Crippen molar-refractivity contribution >= 4 is 23.2 Å². The minimum atomic E-state index is -0.369. The van der Waals surface area contributed by atoms with Gasteiger partial charge in [0, 0.05) is 17.3 Å². The molecule has 1 saturated carbocycles. The van der Waals surface area contributed by atoms with Gasteiger partial charge in [-0.05, 0) is 48.2 Å². The molecule has 1 aliphatic rings. The summed E-state index contributed by atoms with van der Waals surface area (Å²) in [6.45, 7) is 0.496. The third kappa shape index (κ3) is 2.88. The third-order valence-corrected chi connectivity index (χ3v) is 4.23. The van der Waals surface area contributed by atoms with Gasteiger partial charge in [-0.2, -0.15) is 0 Å². The zero-order chi connectivity index (χ0) is 14.9. The summed E-state index contributed by atoms with van der Waals surface area (Å²) < 4.78 is 0. The monoisotopic (exact) mass is 300 g/mol. The second-order valence-electron chi connectivity index (χ2n) is 5.52. The summed E-state index contributed by atoms with van der Waals surface area (Å²) in [4.78, 5) is 12.5. The first-order chi connectivity index (χ1) is 10.1. The number of hydrogen-bond acceptors (Lipinski definition) is 2. The van der Waals surface area contributed by atoms with Crippen LogP contribution in [0.25, 0.3) is 0 Å². The van der Waals surface area contributed by atoms with E-state index in [0.29, 0.717) is 17.3 Å². The van der Waals surface area contributed by atoms with Gasteiger partial charge in [-0.1, -0.05) is 35.9 Å². The first kappa shape index (κ1) is 14.0. The highest BCUT2D eigenvalue weighted by Gasteiger charge is 2.50. The van der Waals surface area contributed by atoms with Crippen molar-refractivity contribution in [2.75, 3.05) is 5.73 Å². The molecule has 0 aromatic heterocycles. The van der Waals surface area contributed by atoms with E-state index < -0.39 is 0 Å². The van der Waals surface area contributed by atoms with Crippen LogP contribution in [-0.4, -0.2) is 5.91 Å². The molecule has 0 unspecified atom stereocenters. The van der Waals surface area contributed by atoms with Crippen LogP contribution in [0, 0.1) is 0 Å². The van der Waals surface area contributed by atoms with Gasteiger partial charge in [-0.3, -0.25) is 4.79 Å². The lowest BCUT2D eigenvalue weighted by Crippen LogP contribution is -2.34. The van der Waals surface area contributed by atoms with Gasteiger partial charge < -0.3 is 11.1 Å². The molecule has 0 bridgehead atoms. The summed E-state index contributed by atoms with van der Waals surface area (Å²) in [6, 6.07) is 15.1. The van der Waals surface area contributed by atoms with E-state index in [1.807, 2.05) is 48.5 Å². The van der Waals surface area contributed by atoms with Crippen LogP contribution in [-0.2, 0) is 16.8 Å². The molecule has 0 aliphatic heterocycles. The number of hydrogen-bond donors (Lipinski definition) is 2. The van der Waals surface area contributed by atoms with E-state index in [1.54, 1.807) is 0 Å². The maximum absolute atomic E-state index is 12.5. The Kier molecular flexibility index (Phi) is 3.60. The van der Waals surface area contributed by atoms with Gasteiger partial charge in [0.05, 0.1) is 5.41 Å². The number of rotatable bonds is 4. The second kappa shape index (κ2) is 5.41. The molecule has 2 aromatic rings. The number of halogens is 1. The summed E-state index contributed by atoms with van der Waals surface area (Å²) in [5.74, 6) is 0.0762. The number of carbonyl (C=O) groups is 1. The van der Waals surface area contributed by atoms with Crippen molar-refractivity contribution in [3.63, 3.8) is 0 Å². The van der Waals surface area contributed by atoms with E-state index in [-0.39, 0.29) is 11.3 Å². The number of anilines is 1. The molecule has 0 saturated heterocycles. The van der Waals surface area contributed by atoms with E-state index in [1.165, 1.54) is 0 Å². The topological polar surface area (TPSA) is 55.1 Å². The number of nitrogens with two attached hydrogens (primary N) is 1. The lowest BCUT2D eigenvalue weighted by molar-refractivity contribution is -0.123. The van der Waals surface area contributed by atoms with Gasteiger partial charge in [0.2, 0.25) is 5.91 Å². The Morgan fingerprint density at radius 3 is 2.52 bits per heavy atom. The van der Waals surface area contributed by atoms with E-state index in [0.717, 1.165) is 24.0 Å². The molecule has 3 nitrogen and oxygen atoms in total. The molecule has 1 amide bonds. The fraction of sp³-hybridized carbons (Fsp3) is 0.235. The van der Waals surface area contributed by atoms with Crippen molar-refractivity contribution in [3.05, 3.63) is 64.7 Å². The highest BCUT2D eigenvalue weighted by Crippen LogP contribution is 2.48. The zero-order valence-corrected chi connectivity index (χ0v) is 12.4. The fourth-order valence-corrected chi connectivity index (χ4v) is 2.79. The van der Waals surface area contributed by atoms with Crippen molar-refractivity contribution < 1.29 is 4.79 Å². The van der Waals surface area contributed by atoms with Crippen molar-refractivity contribution in [2.45, 2.75) is 24.8 Å². The lowest BCUT2D eigenvalue weighted by atomic mass is 9.94. The summed E-state index contributed by atoms with van der Waals surface area (Å²) in [5, 5.41) is 3.70. The Morgan fingerprint density at radius 1 is 1.19 bits per heavy atom. The Morgan fingerprint density at radius 2 is 1.90 bits per heavy atom. The standard InChI is InChI=1S/C17H17ClN2O/c18-14-3-1-2-12(10-14)11-20-16(21)17(8-9-17)13-4-6-15(19)7-5-13/h1-7,10H,8-9,11,19H2,(H,20,21). The molecule has 21 heavy (non-hydrogen) atoms. The van der Waals surface area contributed by atoms with Gasteiger partial charge in [0.25, 0.3) is 0 Å². The quantitative estimate of drug-likeness (QED) is 0.852. The third-order valence-electron chi connectivity index (χ3n) is 3.99. The molecular formula is C17H17ClN2O. The molecule has 2 aromatic carbocycles. The van der Waals surface area contributed by atoms with Gasteiger partial charge in [-0.15, -0.1) is 0 Å². The Bertz CT molecular complexity index is 663. The smallest absolute Gasteiger partial charge is 0.230 e. The van der Waals surface area contributed by atoms with Crippen LogP contribution in [0.3, 0.4) is 0 Å². The van der Waals surface area contributed by atoms with E-state index >= 15 is 0 Å². The van der Waals surface area contributed by atoms with Crippen LogP contribution in [0.4, 0.5) is 5.69 Å². The van der Waals surface area contributed by atoms with Gasteiger partial charge in [0.1, 0.15) is 0 Å². The number of nitrogen functional groups attached to an aromatic ring is 1. The van der Waals surface area contributed by atoms with Crippen LogP contribution < -0.4 is 11.1 Å². The van der Waals surface area contributed by atoms with Gasteiger partial charge in [0.15, 0.2) is 0 Å². The Hall–Kier alpha value is -2.00. The van der Waals surface area contributed by atoms with Crippen LogP contribution in [0.15, 0.2) is 48.5 Å². The van der Waals surface area contributed by atoms with E-state index in [9.17, 15) is 4.79 Å². The molecule has 0 radical (unpaired) electrons. The highest BCUT2D eigenvalue weighted by atomic mass is 35.5. The molecular weight excluding hydrogens is 284 g/mol. The summed E-state index contributed by atoms with van der Waals surface area (Å²) in [6.07, 6.45) is 1.77. The maximum atomic E-state index is 12.5. The second-order valence-corrected chi connectivity index (χ2v) is 5.95. The number of nitrogens with one attached hydrogen (secondary N) is 1. The minimum Gasteiger partial charge on any atom is -0.399 e. The van der Waals surface area contributed by atoms with Crippen LogP contribution in [0.2, 0.25) is 5.02 Å². The van der Waals surface area contributed by atoms with Crippen molar-refractivity contribution in [1.82, 2.24) is 5.32 Å². The molecule has 0 atom stereocenters. The molecule has 108 valence electrons. The summed E-state index contributed by atoms with van der Waals surface area (Å²) in [5.41, 5.74) is 8.10.